The molecule has 0 bridgehead atoms. The molecule has 2 aromatic rings. The number of amides is 1. The number of carbonyl (C=O) groups excluding carboxylic acids is 1. The van der Waals surface area contributed by atoms with Crippen LogP contribution in [0.25, 0.3) is 0 Å². The molecule has 1 N–H and O–H groups in total. The summed E-state index contributed by atoms with van der Waals surface area (Å²) in [6.45, 7) is 6.05. The van der Waals surface area contributed by atoms with Crippen LogP contribution >= 0.6 is 0 Å². The van der Waals surface area contributed by atoms with Crippen LogP contribution in [0.3, 0.4) is 0 Å². The van der Waals surface area contributed by atoms with Gasteiger partial charge in [-0.25, -0.2) is 4.68 Å². The van der Waals surface area contributed by atoms with E-state index >= 15 is 0 Å². The number of aromatic nitrogens is 6. The molecule has 0 saturated carbocycles. The summed E-state index contributed by atoms with van der Waals surface area (Å²) < 4.78 is 9.22. The van der Waals surface area contributed by atoms with Crippen molar-refractivity contribution in [2.75, 3.05) is 13.2 Å². The fraction of sp³-hybridized carbons (Fsp3) is 0.667. The molecular formula is C15H23N7O2. The summed E-state index contributed by atoms with van der Waals surface area (Å²) in [4.78, 5) is 12.1. The minimum atomic E-state index is -0.232. The Labute approximate surface area is 140 Å². The van der Waals surface area contributed by atoms with E-state index in [1.807, 2.05) is 4.57 Å². The molecule has 9 heteroatoms. The first-order valence-electron chi connectivity index (χ1n) is 8.32. The predicted octanol–water partition coefficient (Wildman–Crippen LogP) is 0.602. The average molecular weight is 333 g/mol. The molecule has 1 amide bonds. The van der Waals surface area contributed by atoms with Crippen LogP contribution < -0.4 is 5.32 Å². The molecular weight excluding hydrogens is 310 g/mol. The van der Waals surface area contributed by atoms with Crippen molar-refractivity contribution >= 4 is 5.91 Å². The summed E-state index contributed by atoms with van der Waals surface area (Å²) in [5.41, 5.74) is 0.318. The molecule has 9 nitrogen and oxygen atoms in total. The summed E-state index contributed by atoms with van der Waals surface area (Å²) in [6.07, 6.45) is 6.26. The predicted molar refractivity (Wildman–Crippen MR) is 85.4 cm³/mol. The number of carbonyl (C=O) groups is 1. The van der Waals surface area contributed by atoms with E-state index in [0.29, 0.717) is 31.2 Å². The minimum Gasteiger partial charge on any atom is -0.376 e. The number of ether oxygens (including phenoxy) is 1. The summed E-state index contributed by atoms with van der Waals surface area (Å²) in [5, 5.41) is 18.8. The van der Waals surface area contributed by atoms with E-state index in [2.05, 4.69) is 39.7 Å². The van der Waals surface area contributed by atoms with Crippen LogP contribution in [0.15, 0.2) is 12.5 Å². The minimum absolute atomic E-state index is 0.171. The number of hydrogen-bond donors (Lipinski definition) is 1. The van der Waals surface area contributed by atoms with E-state index in [9.17, 15) is 4.79 Å². The maximum absolute atomic E-state index is 12.1. The van der Waals surface area contributed by atoms with Gasteiger partial charge in [0.15, 0.2) is 5.69 Å². The van der Waals surface area contributed by atoms with E-state index in [-0.39, 0.29) is 12.0 Å². The number of nitrogens with zero attached hydrogens (tertiary/aromatic N) is 6. The molecule has 3 rings (SSSR count). The van der Waals surface area contributed by atoms with Gasteiger partial charge in [0.2, 0.25) is 0 Å². The Kier molecular flexibility index (Phi) is 5.19. The Morgan fingerprint density at radius 2 is 2.33 bits per heavy atom. The maximum Gasteiger partial charge on any atom is 0.273 e. The van der Waals surface area contributed by atoms with Crippen LogP contribution in [0.2, 0.25) is 0 Å². The highest BCUT2D eigenvalue weighted by molar-refractivity contribution is 5.91. The third-order valence-corrected chi connectivity index (χ3v) is 4.02. The lowest BCUT2D eigenvalue weighted by molar-refractivity contribution is 0.0930. The van der Waals surface area contributed by atoms with Crippen molar-refractivity contribution in [3.05, 3.63) is 24.0 Å². The molecule has 1 unspecified atom stereocenters. The van der Waals surface area contributed by atoms with E-state index in [1.165, 1.54) is 0 Å². The van der Waals surface area contributed by atoms with Crippen molar-refractivity contribution in [1.82, 2.24) is 35.1 Å². The molecule has 1 saturated heterocycles. The average Bonchev–Trinajstić information content (AvgIpc) is 3.28. The molecule has 2 aromatic heterocycles. The molecule has 0 spiro atoms. The molecule has 1 aliphatic rings. The lowest BCUT2D eigenvalue weighted by Gasteiger charge is -2.10. The number of nitrogens with one attached hydrogen (secondary N) is 1. The fourth-order valence-electron chi connectivity index (χ4n) is 2.74. The zero-order valence-corrected chi connectivity index (χ0v) is 14.1. The number of hydrogen-bond acceptors (Lipinski definition) is 6. The second kappa shape index (κ2) is 7.52. The summed E-state index contributed by atoms with van der Waals surface area (Å²) in [7, 11) is 0. The standard InChI is InChI=1S/C15H23N7O2/c1-11(2)22-10-17-19-14(22)5-6-16-15(23)13-9-21(20-18-13)8-12-4-3-7-24-12/h9-12H,3-8H2,1-2H3,(H,16,23). The van der Waals surface area contributed by atoms with Crippen molar-refractivity contribution in [3.8, 4) is 0 Å². The van der Waals surface area contributed by atoms with Gasteiger partial charge in [-0.1, -0.05) is 5.21 Å². The van der Waals surface area contributed by atoms with Gasteiger partial charge >= 0.3 is 0 Å². The van der Waals surface area contributed by atoms with Crippen molar-refractivity contribution in [2.24, 2.45) is 0 Å². The van der Waals surface area contributed by atoms with Gasteiger partial charge in [-0.15, -0.1) is 15.3 Å². The van der Waals surface area contributed by atoms with Gasteiger partial charge in [0.05, 0.1) is 18.8 Å². The second-order valence-corrected chi connectivity index (χ2v) is 6.21. The summed E-state index contributed by atoms with van der Waals surface area (Å²) >= 11 is 0. The summed E-state index contributed by atoms with van der Waals surface area (Å²) in [6, 6.07) is 0.295. The highest BCUT2D eigenvalue weighted by atomic mass is 16.5. The zero-order valence-electron chi connectivity index (χ0n) is 14.1. The van der Waals surface area contributed by atoms with Crippen LogP contribution in [0.4, 0.5) is 0 Å². The highest BCUT2D eigenvalue weighted by Gasteiger charge is 2.18. The Morgan fingerprint density at radius 3 is 3.08 bits per heavy atom. The van der Waals surface area contributed by atoms with Gasteiger partial charge in [0.1, 0.15) is 12.2 Å². The molecule has 0 aliphatic carbocycles. The SMILES string of the molecule is CC(C)n1cnnc1CCNC(=O)c1cn(CC2CCCO2)nn1. The first-order chi connectivity index (χ1) is 11.6. The smallest absolute Gasteiger partial charge is 0.273 e. The van der Waals surface area contributed by atoms with E-state index in [0.717, 1.165) is 25.3 Å². The Bertz CT molecular complexity index is 673. The Morgan fingerprint density at radius 1 is 1.46 bits per heavy atom. The molecule has 1 aliphatic heterocycles. The lowest BCUT2D eigenvalue weighted by Crippen LogP contribution is -2.27. The van der Waals surface area contributed by atoms with Crippen molar-refractivity contribution < 1.29 is 9.53 Å². The second-order valence-electron chi connectivity index (χ2n) is 6.21. The monoisotopic (exact) mass is 333 g/mol. The first-order valence-corrected chi connectivity index (χ1v) is 8.32. The van der Waals surface area contributed by atoms with Crippen LogP contribution in [0.1, 0.15) is 49.0 Å². The molecule has 3 heterocycles. The Hall–Kier alpha value is -2.29. The van der Waals surface area contributed by atoms with E-state index in [4.69, 9.17) is 4.74 Å². The maximum atomic E-state index is 12.1. The quantitative estimate of drug-likeness (QED) is 0.796. The van der Waals surface area contributed by atoms with Crippen LogP contribution in [0.5, 0.6) is 0 Å². The van der Waals surface area contributed by atoms with Gasteiger partial charge in [-0.3, -0.25) is 4.79 Å². The van der Waals surface area contributed by atoms with Crippen molar-refractivity contribution in [3.63, 3.8) is 0 Å². The molecule has 1 fully saturated rings. The molecule has 1 atom stereocenters. The first kappa shape index (κ1) is 16.6. The summed E-state index contributed by atoms with van der Waals surface area (Å²) in [5.74, 6) is 0.622. The van der Waals surface area contributed by atoms with Gasteiger partial charge < -0.3 is 14.6 Å². The van der Waals surface area contributed by atoms with E-state index < -0.39 is 0 Å². The van der Waals surface area contributed by atoms with Gasteiger partial charge in [0.25, 0.3) is 5.91 Å². The zero-order chi connectivity index (χ0) is 16.9. The van der Waals surface area contributed by atoms with Gasteiger partial charge in [-0.2, -0.15) is 0 Å². The van der Waals surface area contributed by atoms with Gasteiger partial charge in [0, 0.05) is 25.6 Å². The topological polar surface area (TPSA) is 99.8 Å². The van der Waals surface area contributed by atoms with Crippen molar-refractivity contribution in [2.45, 2.75) is 51.8 Å². The van der Waals surface area contributed by atoms with Crippen LogP contribution in [0, 0.1) is 0 Å². The highest BCUT2D eigenvalue weighted by Crippen LogP contribution is 2.13. The normalized spacial score (nSPS) is 17.5. The van der Waals surface area contributed by atoms with Crippen LogP contribution in [-0.4, -0.2) is 54.9 Å². The molecule has 0 aromatic carbocycles. The largest absolute Gasteiger partial charge is 0.376 e. The fourth-order valence-corrected chi connectivity index (χ4v) is 2.74. The lowest BCUT2D eigenvalue weighted by atomic mass is 10.2. The number of rotatable bonds is 7. The molecule has 24 heavy (non-hydrogen) atoms. The third kappa shape index (κ3) is 3.97. The van der Waals surface area contributed by atoms with Gasteiger partial charge in [-0.05, 0) is 26.7 Å². The van der Waals surface area contributed by atoms with Crippen molar-refractivity contribution in [1.29, 1.82) is 0 Å². The Balaban J connectivity index is 1.48. The third-order valence-electron chi connectivity index (χ3n) is 4.02. The molecule has 0 radical (unpaired) electrons. The molecule has 130 valence electrons. The van der Waals surface area contributed by atoms with E-state index in [1.54, 1.807) is 17.2 Å². The van der Waals surface area contributed by atoms with Crippen LogP contribution in [-0.2, 0) is 17.7 Å².